The number of hydrogen-bond donors (Lipinski definition) is 1. The molecule has 0 aromatic rings. The first-order chi connectivity index (χ1) is 8.74. The number of esters is 1. The highest BCUT2D eigenvalue weighted by Gasteiger charge is 2.25. The zero-order valence-corrected chi connectivity index (χ0v) is 12.3. The SMILES string of the molecule is CCOC(=O)CCS(=O)(=O)N(CC)CC(C)C(=O)O. The van der Waals surface area contributed by atoms with Crippen LogP contribution in [-0.2, 0) is 24.3 Å². The molecule has 8 heteroatoms. The molecule has 0 aliphatic rings. The van der Waals surface area contributed by atoms with Crippen molar-refractivity contribution in [3.8, 4) is 0 Å². The Morgan fingerprint density at radius 3 is 2.32 bits per heavy atom. The normalized spacial score (nSPS) is 13.3. The molecule has 7 nitrogen and oxygen atoms in total. The predicted molar refractivity (Wildman–Crippen MR) is 69.1 cm³/mol. The summed E-state index contributed by atoms with van der Waals surface area (Å²) < 4.78 is 29.6. The van der Waals surface area contributed by atoms with Crippen molar-refractivity contribution in [2.75, 3.05) is 25.4 Å². The monoisotopic (exact) mass is 295 g/mol. The molecule has 0 bridgehead atoms. The van der Waals surface area contributed by atoms with Gasteiger partial charge in [0.1, 0.15) is 0 Å². The van der Waals surface area contributed by atoms with Gasteiger partial charge < -0.3 is 9.84 Å². The Hall–Kier alpha value is -1.15. The Morgan fingerprint density at radius 1 is 1.32 bits per heavy atom. The van der Waals surface area contributed by atoms with Crippen molar-refractivity contribution in [1.82, 2.24) is 4.31 Å². The summed E-state index contributed by atoms with van der Waals surface area (Å²) in [5.41, 5.74) is 0. The first-order valence-corrected chi connectivity index (χ1v) is 7.71. The molecule has 0 radical (unpaired) electrons. The summed E-state index contributed by atoms with van der Waals surface area (Å²) in [5.74, 6) is -2.80. The Bertz CT molecular complexity index is 405. The van der Waals surface area contributed by atoms with Crippen molar-refractivity contribution in [1.29, 1.82) is 0 Å². The van der Waals surface area contributed by atoms with E-state index in [0.717, 1.165) is 4.31 Å². The number of nitrogens with zero attached hydrogens (tertiary/aromatic N) is 1. The van der Waals surface area contributed by atoms with E-state index in [0.29, 0.717) is 0 Å². The van der Waals surface area contributed by atoms with E-state index in [1.54, 1.807) is 13.8 Å². The molecule has 0 aromatic carbocycles. The standard InChI is InChI=1S/C11H21NO6S/c1-4-12(8-9(3)11(14)15)19(16,17)7-6-10(13)18-5-2/h9H,4-8H2,1-3H3,(H,14,15). The van der Waals surface area contributed by atoms with Gasteiger partial charge in [0.25, 0.3) is 0 Å². The second kappa shape index (κ2) is 8.11. The zero-order valence-electron chi connectivity index (χ0n) is 11.5. The number of hydrogen-bond acceptors (Lipinski definition) is 5. The van der Waals surface area contributed by atoms with Crippen molar-refractivity contribution >= 4 is 22.0 Å². The lowest BCUT2D eigenvalue weighted by atomic mass is 10.2. The number of rotatable bonds is 9. The van der Waals surface area contributed by atoms with E-state index < -0.39 is 27.9 Å². The van der Waals surface area contributed by atoms with E-state index in [2.05, 4.69) is 4.74 Å². The molecule has 112 valence electrons. The number of carbonyl (C=O) groups is 2. The van der Waals surface area contributed by atoms with E-state index in [1.807, 2.05) is 0 Å². The molecule has 0 saturated heterocycles. The van der Waals surface area contributed by atoms with Gasteiger partial charge in [-0.1, -0.05) is 13.8 Å². The quantitative estimate of drug-likeness (QED) is 0.614. The second-order valence-electron chi connectivity index (χ2n) is 4.06. The maximum Gasteiger partial charge on any atom is 0.307 e. The highest BCUT2D eigenvalue weighted by Crippen LogP contribution is 2.08. The zero-order chi connectivity index (χ0) is 15.1. The summed E-state index contributed by atoms with van der Waals surface area (Å²) in [4.78, 5) is 21.9. The lowest BCUT2D eigenvalue weighted by molar-refractivity contribution is -0.143. The van der Waals surface area contributed by atoms with Gasteiger partial charge in [0.05, 0.1) is 24.7 Å². The third-order valence-corrected chi connectivity index (χ3v) is 4.43. The summed E-state index contributed by atoms with van der Waals surface area (Å²) in [7, 11) is -3.65. The predicted octanol–water partition coefficient (Wildman–Crippen LogP) is 0.312. The van der Waals surface area contributed by atoms with Crippen LogP contribution in [0.5, 0.6) is 0 Å². The molecule has 0 aliphatic heterocycles. The first kappa shape index (κ1) is 17.8. The van der Waals surface area contributed by atoms with Gasteiger partial charge in [0.2, 0.25) is 10.0 Å². The third kappa shape index (κ3) is 6.53. The van der Waals surface area contributed by atoms with Gasteiger partial charge in [-0.15, -0.1) is 0 Å². The molecule has 1 atom stereocenters. The van der Waals surface area contributed by atoms with Crippen LogP contribution in [0.15, 0.2) is 0 Å². The fraction of sp³-hybridized carbons (Fsp3) is 0.818. The maximum absolute atomic E-state index is 12.0. The first-order valence-electron chi connectivity index (χ1n) is 6.10. The molecule has 0 amide bonds. The Morgan fingerprint density at radius 2 is 1.89 bits per heavy atom. The molecule has 0 fully saturated rings. The van der Waals surface area contributed by atoms with Gasteiger partial charge in [-0.2, -0.15) is 0 Å². The van der Waals surface area contributed by atoms with Crippen molar-refractivity contribution in [3.05, 3.63) is 0 Å². The van der Waals surface area contributed by atoms with Crippen molar-refractivity contribution < 1.29 is 27.9 Å². The third-order valence-electron chi connectivity index (χ3n) is 2.51. The second-order valence-corrected chi connectivity index (χ2v) is 6.15. The molecule has 1 N–H and O–H groups in total. The molecule has 19 heavy (non-hydrogen) atoms. The topological polar surface area (TPSA) is 101 Å². The Labute approximate surface area is 113 Å². The number of carbonyl (C=O) groups excluding carboxylic acids is 1. The molecular formula is C11H21NO6S. The van der Waals surface area contributed by atoms with Gasteiger partial charge in [0.15, 0.2) is 0 Å². The smallest absolute Gasteiger partial charge is 0.307 e. The highest BCUT2D eigenvalue weighted by atomic mass is 32.2. The number of ether oxygens (including phenoxy) is 1. The average Bonchev–Trinajstić information content (AvgIpc) is 2.33. The lowest BCUT2D eigenvalue weighted by Gasteiger charge is -2.22. The fourth-order valence-electron chi connectivity index (χ4n) is 1.40. The summed E-state index contributed by atoms with van der Waals surface area (Å²) in [6, 6.07) is 0. The van der Waals surface area contributed by atoms with Crippen LogP contribution in [0.25, 0.3) is 0 Å². The molecular weight excluding hydrogens is 274 g/mol. The van der Waals surface area contributed by atoms with Crippen LogP contribution in [0.4, 0.5) is 0 Å². The van der Waals surface area contributed by atoms with Crippen LogP contribution >= 0.6 is 0 Å². The van der Waals surface area contributed by atoms with E-state index in [1.165, 1.54) is 6.92 Å². The minimum absolute atomic E-state index is 0.100. The van der Waals surface area contributed by atoms with E-state index >= 15 is 0 Å². The van der Waals surface area contributed by atoms with Gasteiger partial charge >= 0.3 is 11.9 Å². The number of carboxylic acids is 1. The lowest BCUT2D eigenvalue weighted by Crippen LogP contribution is -2.38. The Balaban J connectivity index is 4.57. The average molecular weight is 295 g/mol. The largest absolute Gasteiger partial charge is 0.481 e. The van der Waals surface area contributed by atoms with E-state index in [-0.39, 0.29) is 31.9 Å². The van der Waals surface area contributed by atoms with Crippen LogP contribution in [0.2, 0.25) is 0 Å². The molecule has 0 rings (SSSR count). The summed E-state index contributed by atoms with van der Waals surface area (Å²) in [6.45, 7) is 4.97. The summed E-state index contributed by atoms with van der Waals surface area (Å²) in [6.07, 6.45) is -0.228. The van der Waals surface area contributed by atoms with Crippen LogP contribution in [0.3, 0.4) is 0 Å². The molecule has 0 saturated carbocycles. The highest BCUT2D eigenvalue weighted by molar-refractivity contribution is 7.89. The minimum Gasteiger partial charge on any atom is -0.481 e. The molecule has 0 spiro atoms. The van der Waals surface area contributed by atoms with Gasteiger partial charge in [-0.25, -0.2) is 12.7 Å². The Kier molecular flexibility index (Phi) is 7.62. The summed E-state index contributed by atoms with van der Waals surface area (Å²) in [5, 5.41) is 8.78. The molecule has 0 aliphatic carbocycles. The van der Waals surface area contributed by atoms with E-state index in [4.69, 9.17) is 5.11 Å². The van der Waals surface area contributed by atoms with E-state index in [9.17, 15) is 18.0 Å². The van der Waals surface area contributed by atoms with Crippen LogP contribution in [0.1, 0.15) is 27.2 Å². The number of aliphatic carboxylic acids is 1. The van der Waals surface area contributed by atoms with Crippen molar-refractivity contribution in [2.24, 2.45) is 5.92 Å². The fourth-order valence-corrected chi connectivity index (χ4v) is 2.92. The summed E-state index contributed by atoms with van der Waals surface area (Å²) >= 11 is 0. The van der Waals surface area contributed by atoms with Gasteiger partial charge in [-0.3, -0.25) is 9.59 Å². The number of carboxylic acid groups (broad SMARTS) is 1. The number of sulfonamides is 1. The molecule has 0 aromatic heterocycles. The van der Waals surface area contributed by atoms with Crippen molar-refractivity contribution in [2.45, 2.75) is 27.2 Å². The van der Waals surface area contributed by atoms with Gasteiger partial charge in [-0.05, 0) is 6.92 Å². The van der Waals surface area contributed by atoms with Gasteiger partial charge in [0, 0.05) is 13.1 Å². The minimum atomic E-state index is -3.65. The van der Waals surface area contributed by atoms with Crippen molar-refractivity contribution in [3.63, 3.8) is 0 Å². The van der Waals surface area contributed by atoms with Crippen LogP contribution in [-0.4, -0.2) is 55.2 Å². The molecule has 1 unspecified atom stereocenters. The maximum atomic E-state index is 12.0. The van der Waals surface area contributed by atoms with Crippen LogP contribution < -0.4 is 0 Å². The molecule has 0 heterocycles. The van der Waals surface area contributed by atoms with Crippen LogP contribution in [0, 0.1) is 5.92 Å².